The highest BCUT2D eigenvalue weighted by molar-refractivity contribution is 5.90. The summed E-state index contributed by atoms with van der Waals surface area (Å²) in [7, 11) is 0. The highest BCUT2D eigenvalue weighted by Crippen LogP contribution is 2.23. The van der Waals surface area contributed by atoms with Gasteiger partial charge in [0.05, 0.1) is 12.5 Å². The molecule has 1 heterocycles. The van der Waals surface area contributed by atoms with Crippen LogP contribution in [0.4, 0.5) is 10.5 Å². The first-order valence-electron chi connectivity index (χ1n) is 8.36. The van der Waals surface area contributed by atoms with Crippen molar-refractivity contribution in [1.29, 1.82) is 0 Å². The number of hydrogen-bond donors (Lipinski definition) is 2. The lowest BCUT2D eigenvalue weighted by Gasteiger charge is -2.34. The number of piperidine rings is 1. The maximum absolute atomic E-state index is 12.4. The van der Waals surface area contributed by atoms with Crippen LogP contribution in [-0.2, 0) is 4.79 Å². The minimum atomic E-state index is -0.844. The first-order chi connectivity index (χ1) is 11.3. The molecule has 2 atom stereocenters. The minimum absolute atomic E-state index is 0.173. The number of carbonyl (C=O) groups excluding carboxylic acids is 1. The van der Waals surface area contributed by atoms with E-state index in [1.54, 1.807) is 17.0 Å². The zero-order valence-electron chi connectivity index (χ0n) is 14.5. The first kappa shape index (κ1) is 18.1. The molecule has 0 aromatic heterocycles. The monoisotopic (exact) mass is 334 g/mol. The van der Waals surface area contributed by atoms with E-state index < -0.39 is 11.9 Å². The van der Waals surface area contributed by atoms with Crippen LogP contribution < -0.4 is 10.1 Å². The summed E-state index contributed by atoms with van der Waals surface area (Å²) in [5, 5.41) is 12.0. The third kappa shape index (κ3) is 5.15. The summed E-state index contributed by atoms with van der Waals surface area (Å²) in [6.07, 6.45) is 0.609. The molecule has 1 aliphatic heterocycles. The van der Waals surface area contributed by atoms with Crippen LogP contribution in [0.3, 0.4) is 0 Å². The van der Waals surface area contributed by atoms with Crippen molar-refractivity contribution >= 4 is 17.7 Å². The van der Waals surface area contributed by atoms with E-state index in [1.165, 1.54) is 0 Å². The average Bonchev–Trinajstić information content (AvgIpc) is 2.52. The maximum Gasteiger partial charge on any atom is 0.321 e. The predicted octanol–water partition coefficient (Wildman–Crippen LogP) is 3.30. The molecule has 6 heteroatoms. The van der Waals surface area contributed by atoms with Gasteiger partial charge in [0.25, 0.3) is 0 Å². The Balaban J connectivity index is 1.98. The maximum atomic E-state index is 12.4. The molecule has 1 aliphatic rings. The normalized spacial score (nSPS) is 20.8. The molecule has 0 aliphatic carbocycles. The molecule has 2 unspecified atom stereocenters. The zero-order chi connectivity index (χ0) is 17.7. The van der Waals surface area contributed by atoms with E-state index in [2.05, 4.69) is 19.2 Å². The Bertz CT molecular complexity index is 588. The molecule has 2 amide bonds. The molecule has 1 saturated heterocycles. The number of carboxylic acids is 1. The molecular weight excluding hydrogens is 308 g/mol. The second kappa shape index (κ2) is 8.04. The van der Waals surface area contributed by atoms with Gasteiger partial charge in [0.15, 0.2) is 0 Å². The number of carbonyl (C=O) groups is 2. The van der Waals surface area contributed by atoms with Gasteiger partial charge in [-0.1, -0.05) is 26.8 Å². The molecule has 2 rings (SSSR count). The summed E-state index contributed by atoms with van der Waals surface area (Å²) in [4.78, 5) is 25.2. The molecule has 0 spiro atoms. The number of benzene rings is 1. The first-order valence-corrected chi connectivity index (χ1v) is 8.36. The second-order valence-electron chi connectivity index (χ2n) is 6.94. The van der Waals surface area contributed by atoms with Crippen LogP contribution in [0.2, 0.25) is 0 Å². The lowest BCUT2D eigenvalue weighted by molar-refractivity contribution is -0.143. The molecule has 6 nitrogen and oxygen atoms in total. The van der Waals surface area contributed by atoms with E-state index in [9.17, 15) is 14.7 Å². The van der Waals surface area contributed by atoms with E-state index in [0.29, 0.717) is 36.9 Å². The summed E-state index contributed by atoms with van der Waals surface area (Å²) in [6, 6.07) is 6.98. The molecule has 132 valence electrons. The van der Waals surface area contributed by atoms with Crippen LogP contribution in [0.15, 0.2) is 24.3 Å². The fourth-order valence-corrected chi connectivity index (χ4v) is 2.83. The van der Waals surface area contributed by atoms with Gasteiger partial charge < -0.3 is 20.1 Å². The van der Waals surface area contributed by atoms with Crippen molar-refractivity contribution in [3.05, 3.63) is 24.3 Å². The van der Waals surface area contributed by atoms with Crippen LogP contribution in [0.1, 0.15) is 27.2 Å². The van der Waals surface area contributed by atoms with E-state index in [-0.39, 0.29) is 18.5 Å². The molecule has 0 bridgehead atoms. The van der Waals surface area contributed by atoms with Crippen molar-refractivity contribution in [2.24, 2.45) is 17.8 Å². The number of hydrogen-bond acceptors (Lipinski definition) is 3. The quantitative estimate of drug-likeness (QED) is 0.866. The van der Waals surface area contributed by atoms with Crippen LogP contribution in [0, 0.1) is 17.8 Å². The standard InChI is InChI=1S/C18H26N2O4/c1-12(2)11-24-16-6-4-5-15(8-16)19-18(23)20-9-13(3)7-14(10-20)17(21)22/h4-6,8,12-14H,7,9-11H2,1-3H3,(H,19,23)(H,21,22). The minimum Gasteiger partial charge on any atom is -0.493 e. The summed E-state index contributed by atoms with van der Waals surface area (Å²) in [5.41, 5.74) is 0.645. The van der Waals surface area contributed by atoms with Crippen LogP contribution in [-0.4, -0.2) is 41.7 Å². The smallest absolute Gasteiger partial charge is 0.321 e. The van der Waals surface area contributed by atoms with Gasteiger partial charge in [-0.25, -0.2) is 4.79 Å². The van der Waals surface area contributed by atoms with Crippen LogP contribution in [0.5, 0.6) is 5.75 Å². The molecule has 1 fully saturated rings. The Hall–Kier alpha value is -2.24. The number of aliphatic carboxylic acids is 1. The molecule has 1 aromatic carbocycles. The molecule has 2 N–H and O–H groups in total. The predicted molar refractivity (Wildman–Crippen MR) is 92.3 cm³/mol. The van der Waals surface area contributed by atoms with Gasteiger partial charge in [0.1, 0.15) is 5.75 Å². The third-order valence-corrected chi connectivity index (χ3v) is 3.96. The topological polar surface area (TPSA) is 78.9 Å². The van der Waals surface area contributed by atoms with Crippen molar-refractivity contribution in [2.75, 3.05) is 25.0 Å². The van der Waals surface area contributed by atoms with Gasteiger partial charge in [-0.3, -0.25) is 4.79 Å². The number of nitrogens with one attached hydrogen (secondary N) is 1. The molecular formula is C18H26N2O4. The zero-order valence-corrected chi connectivity index (χ0v) is 14.5. The number of urea groups is 1. The Kier molecular flexibility index (Phi) is 6.06. The van der Waals surface area contributed by atoms with Crippen LogP contribution in [0.25, 0.3) is 0 Å². The number of rotatable bonds is 5. The van der Waals surface area contributed by atoms with Gasteiger partial charge in [-0.2, -0.15) is 0 Å². The number of ether oxygens (including phenoxy) is 1. The number of likely N-dealkylation sites (tertiary alicyclic amines) is 1. The second-order valence-corrected chi connectivity index (χ2v) is 6.94. The van der Waals surface area contributed by atoms with Gasteiger partial charge in [-0.15, -0.1) is 0 Å². The highest BCUT2D eigenvalue weighted by atomic mass is 16.5. The van der Waals surface area contributed by atoms with E-state index in [4.69, 9.17) is 4.74 Å². The number of carboxylic acid groups (broad SMARTS) is 1. The van der Waals surface area contributed by atoms with Gasteiger partial charge in [0.2, 0.25) is 0 Å². The number of anilines is 1. The van der Waals surface area contributed by atoms with Gasteiger partial charge in [0, 0.05) is 24.8 Å². The van der Waals surface area contributed by atoms with Crippen molar-refractivity contribution in [3.63, 3.8) is 0 Å². The summed E-state index contributed by atoms with van der Waals surface area (Å²) in [6.45, 7) is 7.54. The highest BCUT2D eigenvalue weighted by Gasteiger charge is 2.31. The lowest BCUT2D eigenvalue weighted by atomic mass is 9.91. The van der Waals surface area contributed by atoms with E-state index in [0.717, 1.165) is 0 Å². The largest absolute Gasteiger partial charge is 0.493 e. The van der Waals surface area contributed by atoms with Crippen molar-refractivity contribution in [3.8, 4) is 5.75 Å². The fraction of sp³-hybridized carbons (Fsp3) is 0.556. The van der Waals surface area contributed by atoms with E-state index in [1.807, 2.05) is 19.1 Å². The Labute approximate surface area is 142 Å². The number of nitrogens with zero attached hydrogens (tertiary/aromatic N) is 1. The van der Waals surface area contributed by atoms with Crippen molar-refractivity contribution in [1.82, 2.24) is 4.90 Å². The summed E-state index contributed by atoms with van der Waals surface area (Å²) >= 11 is 0. The molecule has 0 radical (unpaired) electrons. The molecule has 24 heavy (non-hydrogen) atoms. The van der Waals surface area contributed by atoms with E-state index >= 15 is 0 Å². The molecule has 1 aromatic rings. The number of amides is 2. The lowest BCUT2D eigenvalue weighted by Crippen LogP contribution is -2.47. The summed E-state index contributed by atoms with van der Waals surface area (Å²) in [5.74, 6) is -0.0436. The van der Waals surface area contributed by atoms with Gasteiger partial charge in [-0.05, 0) is 30.4 Å². The SMILES string of the molecule is CC(C)COc1cccc(NC(=O)N2CC(C)CC(C(=O)O)C2)c1. The van der Waals surface area contributed by atoms with Crippen LogP contribution >= 0.6 is 0 Å². The molecule has 0 saturated carbocycles. The summed E-state index contributed by atoms with van der Waals surface area (Å²) < 4.78 is 5.66. The Morgan fingerprint density at radius 2 is 2.12 bits per heavy atom. The third-order valence-electron chi connectivity index (χ3n) is 3.96. The van der Waals surface area contributed by atoms with Crippen molar-refractivity contribution in [2.45, 2.75) is 27.2 Å². The average molecular weight is 334 g/mol. The van der Waals surface area contributed by atoms with Crippen molar-refractivity contribution < 1.29 is 19.4 Å². The van der Waals surface area contributed by atoms with Gasteiger partial charge >= 0.3 is 12.0 Å². The Morgan fingerprint density at radius 3 is 2.79 bits per heavy atom. The Morgan fingerprint density at radius 1 is 1.38 bits per heavy atom. The fourth-order valence-electron chi connectivity index (χ4n) is 2.83.